The molecule has 2 fully saturated rings. The Bertz CT molecular complexity index is 763. The minimum Gasteiger partial charge on any atom is -0.379 e. The van der Waals surface area contributed by atoms with E-state index in [-0.39, 0.29) is 31.9 Å². The molecule has 0 saturated carbocycles. The number of piperazine rings is 1. The van der Waals surface area contributed by atoms with E-state index in [1.807, 2.05) is 0 Å². The molecular formula is C15H20F2N4O4S. The zero-order chi connectivity index (χ0) is 18.7. The number of benzene rings is 1. The van der Waals surface area contributed by atoms with Gasteiger partial charge in [-0.25, -0.2) is 13.6 Å². The van der Waals surface area contributed by atoms with Gasteiger partial charge in [-0.3, -0.25) is 0 Å². The van der Waals surface area contributed by atoms with Crippen molar-refractivity contribution in [2.75, 3.05) is 57.8 Å². The second kappa shape index (κ2) is 7.82. The lowest BCUT2D eigenvalue weighted by atomic mass is 10.3. The van der Waals surface area contributed by atoms with Crippen LogP contribution in [0.2, 0.25) is 0 Å². The summed E-state index contributed by atoms with van der Waals surface area (Å²) in [7, 11) is -3.59. The van der Waals surface area contributed by atoms with E-state index in [2.05, 4.69) is 5.32 Å². The molecule has 0 unspecified atom stereocenters. The third kappa shape index (κ3) is 3.95. The fraction of sp³-hybridized carbons (Fsp3) is 0.533. The number of ether oxygens (including phenoxy) is 1. The molecule has 0 atom stereocenters. The van der Waals surface area contributed by atoms with E-state index in [4.69, 9.17) is 4.74 Å². The number of nitrogens with zero attached hydrogens (tertiary/aromatic N) is 3. The quantitative estimate of drug-likeness (QED) is 0.824. The molecule has 2 amide bonds. The summed E-state index contributed by atoms with van der Waals surface area (Å²) in [5.41, 5.74) is -0.252. The molecule has 0 spiro atoms. The van der Waals surface area contributed by atoms with Gasteiger partial charge in [0.05, 0.1) is 18.9 Å². The maximum absolute atomic E-state index is 13.6. The maximum atomic E-state index is 13.6. The van der Waals surface area contributed by atoms with Gasteiger partial charge in [-0.05, 0) is 12.1 Å². The van der Waals surface area contributed by atoms with Crippen LogP contribution in [0.15, 0.2) is 18.2 Å². The minimum atomic E-state index is -3.59. The van der Waals surface area contributed by atoms with Crippen LogP contribution in [0.5, 0.6) is 0 Å². The van der Waals surface area contributed by atoms with E-state index in [9.17, 15) is 22.0 Å². The van der Waals surface area contributed by atoms with E-state index in [1.54, 1.807) is 0 Å². The van der Waals surface area contributed by atoms with Crippen molar-refractivity contribution in [3.63, 3.8) is 0 Å². The summed E-state index contributed by atoms with van der Waals surface area (Å²) in [6.07, 6.45) is 0. The van der Waals surface area contributed by atoms with Crippen LogP contribution in [0.3, 0.4) is 0 Å². The Balaban J connectivity index is 1.57. The average molecular weight is 390 g/mol. The second-order valence-corrected chi connectivity index (χ2v) is 7.87. The first-order valence-electron chi connectivity index (χ1n) is 8.22. The van der Waals surface area contributed by atoms with Crippen LogP contribution < -0.4 is 5.32 Å². The lowest BCUT2D eigenvalue weighted by Gasteiger charge is -2.37. The fourth-order valence-electron chi connectivity index (χ4n) is 2.86. The SMILES string of the molecule is O=C(Nc1cccc(F)c1F)N1CCN(S(=O)(=O)N2CCOCC2)CC1. The first-order chi connectivity index (χ1) is 12.4. The van der Waals surface area contributed by atoms with Crippen molar-refractivity contribution in [1.29, 1.82) is 0 Å². The molecule has 3 rings (SSSR count). The highest BCUT2D eigenvalue weighted by Crippen LogP contribution is 2.18. The van der Waals surface area contributed by atoms with Gasteiger partial charge in [0.15, 0.2) is 11.6 Å². The predicted molar refractivity (Wildman–Crippen MR) is 89.8 cm³/mol. The van der Waals surface area contributed by atoms with Gasteiger partial charge in [-0.1, -0.05) is 6.07 Å². The normalized spacial score (nSPS) is 20.2. The maximum Gasteiger partial charge on any atom is 0.322 e. The predicted octanol–water partition coefficient (Wildman–Crippen LogP) is 0.691. The van der Waals surface area contributed by atoms with Gasteiger partial charge in [0.25, 0.3) is 10.2 Å². The summed E-state index contributed by atoms with van der Waals surface area (Å²) in [6.45, 7) is 1.93. The molecule has 2 heterocycles. The number of hydrogen-bond donors (Lipinski definition) is 1. The molecule has 1 N–H and O–H groups in total. The molecule has 11 heteroatoms. The third-order valence-electron chi connectivity index (χ3n) is 4.34. The number of hydrogen-bond acceptors (Lipinski definition) is 4. The monoisotopic (exact) mass is 390 g/mol. The molecule has 0 radical (unpaired) electrons. The highest BCUT2D eigenvalue weighted by atomic mass is 32.2. The highest BCUT2D eigenvalue weighted by Gasteiger charge is 2.34. The number of morpholine rings is 1. The van der Waals surface area contributed by atoms with Crippen LogP contribution in [0.25, 0.3) is 0 Å². The molecule has 8 nitrogen and oxygen atoms in total. The Morgan fingerprint density at radius 3 is 2.27 bits per heavy atom. The van der Waals surface area contributed by atoms with Crippen LogP contribution in [-0.4, -0.2) is 80.4 Å². The molecule has 2 aliphatic rings. The van der Waals surface area contributed by atoms with E-state index < -0.39 is 27.9 Å². The van der Waals surface area contributed by atoms with E-state index in [1.165, 1.54) is 25.6 Å². The van der Waals surface area contributed by atoms with Crippen molar-refractivity contribution < 1.29 is 26.7 Å². The fourth-order valence-corrected chi connectivity index (χ4v) is 4.42. The lowest BCUT2D eigenvalue weighted by molar-refractivity contribution is 0.0691. The minimum absolute atomic E-state index is 0.138. The third-order valence-corrected chi connectivity index (χ3v) is 6.38. The van der Waals surface area contributed by atoms with Gasteiger partial charge in [-0.2, -0.15) is 17.0 Å². The lowest BCUT2D eigenvalue weighted by Crippen LogP contribution is -2.56. The van der Waals surface area contributed by atoms with E-state index in [0.717, 1.165) is 6.07 Å². The first kappa shape index (κ1) is 19.0. The molecule has 0 bridgehead atoms. The number of carbonyl (C=O) groups excluding carboxylic acids is 1. The van der Waals surface area contributed by atoms with Crippen molar-refractivity contribution in [3.05, 3.63) is 29.8 Å². The Kier molecular flexibility index (Phi) is 5.70. The van der Waals surface area contributed by atoms with E-state index >= 15 is 0 Å². The molecule has 144 valence electrons. The Labute approximate surface area is 150 Å². The highest BCUT2D eigenvalue weighted by molar-refractivity contribution is 7.86. The number of urea groups is 1. The van der Waals surface area contributed by atoms with Crippen molar-refractivity contribution in [1.82, 2.24) is 13.5 Å². The van der Waals surface area contributed by atoms with Gasteiger partial charge in [0.1, 0.15) is 0 Å². The summed E-state index contributed by atoms with van der Waals surface area (Å²) in [5.74, 6) is -2.18. The molecule has 1 aromatic carbocycles. The molecule has 1 aromatic rings. The zero-order valence-corrected chi connectivity index (χ0v) is 14.8. The van der Waals surface area contributed by atoms with Crippen LogP contribution in [-0.2, 0) is 14.9 Å². The summed E-state index contributed by atoms with van der Waals surface area (Å²) < 4.78 is 59.9. The topological polar surface area (TPSA) is 82.2 Å². The van der Waals surface area contributed by atoms with E-state index in [0.29, 0.717) is 26.3 Å². The first-order valence-corrected chi connectivity index (χ1v) is 9.62. The molecule has 2 aliphatic heterocycles. The van der Waals surface area contributed by atoms with Crippen molar-refractivity contribution in [2.24, 2.45) is 0 Å². The molecule has 0 aliphatic carbocycles. The van der Waals surface area contributed by atoms with Crippen molar-refractivity contribution in [2.45, 2.75) is 0 Å². The van der Waals surface area contributed by atoms with Gasteiger partial charge < -0.3 is 15.0 Å². The van der Waals surface area contributed by atoms with Crippen LogP contribution in [0, 0.1) is 11.6 Å². The summed E-state index contributed by atoms with van der Waals surface area (Å²) in [5, 5.41) is 2.31. The number of rotatable bonds is 3. The van der Waals surface area contributed by atoms with Crippen LogP contribution in [0.1, 0.15) is 0 Å². The van der Waals surface area contributed by atoms with Gasteiger partial charge in [-0.15, -0.1) is 0 Å². The number of carbonyl (C=O) groups is 1. The zero-order valence-electron chi connectivity index (χ0n) is 14.0. The molecule has 0 aromatic heterocycles. The number of halogens is 2. The van der Waals surface area contributed by atoms with Crippen LogP contribution in [0.4, 0.5) is 19.3 Å². The Morgan fingerprint density at radius 1 is 1.00 bits per heavy atom. The van der Waals surface area contributed by atoms with Crippen molar-refractivity contribution in [3.8, 4) is 0 Å². The van der Waals surface area contributed by atoms with Gasteiger partial charge in [0.2, 0.25) is 0 Å². The summed E-state index contributed by atoms with van der Waals surface area (Å²) in [4.78, 5) is 13.6. The summed E-state index contributed by atoms with van der Waals surface area (Å²) >= 11 is 0. The van der Waals surface area contributed by atoms with Crippen LogP contribution >= 0.6 is 0 Å². The molecule has 2 saturated heterocycles. The number of anilines is 1. The largest absolute Gasteiger partial charge is 0.379 e. The number of nitrogens with one attached hydrogen (secondary N) is 1. The average Bonchev–Trinajstić information content (AvgIpc) is 2.66. The second-order valence-electron chi connectivity index (χ2n) is 5.94. The standard InChI is InChI=1S/C15H20F2N4O4S/c16-12-2-1-3-13(14(12)17)18-15(22)19-4-6-20(7-5-19)26(23,24)21-8-10-25-11-9-21/h1-3H,4-11H2,(H,18,22). The smallest absolute Gasteiger partial charge is 0.322 e. The Hall–Kier alpha value is -1.82. The number of amides is 2. The molecular weight excluding hydrogens is 370 g/mol. The molecule has 26 heavy (non-hydrogen) atoms. The van der Waals surface area contributed by atoms with Gasteiger partial charge in [0, 0.05) is 39.3 Å². The Morgan fingerprint density at radius 2 is 1.62 bits per heavy atom. The van der Waals surface area contributed by atoms with Gasteiger partial charge >= 0.3 is 6.03 Å². The van der Waals surface area contributed by atoms with Crippen molar-refractivity contribution >= 4 is 21.9 Å². The summed E-state index contributed by atoms with van der Waals surface area (Å²) in [6, 6.07) is 2.91.